The first kappa shape index (κ1) is 13.4. The van der Waals surface area contributed by atoms with Crippen molar-refractivity contribution in [2.24, 2.45) is 11.3 Å². The fourth-order valence-electron chi connectivity index (χ4n) is 3.63. The molecule has 0 amide bonds. The molecular weight excluding hydrogens is 304 g/mol. The monoisotopic (exact) mass is 324 g/mol. The van der Waals surface area contributed by atoms with E-state index in [1.165, 1.54) is 18.4 Å². The van der Waals surface area contributed by atoms with E-state index in [1.54, 1.807) is 0 Å². The average molecular weight is 325 g/mol. The maximum atomic E-state index is 5.94. The molecule has 2 aliphatic rings. The minimum atomic E-state index is 0.200. The average Bonchev–Trinajstić information content (AvgIpc) is 2.40. The van der Waals surface area contributed by atoms with Gasteiger partial charge in [0.25, 0.3) is 0 Å². The lowest BCUT2D eigenvalue weighted by atomic mass is 9.55. The number of aryl methyl sites for hydroxylation is 1. The van der Waals surface area contributed by atoms with Crippen LogP contribution in [0.15, 0.2) is 16.9 Å². The number of nitrogens with zero attached hydrogens (tertiary/aromatic N) is 1. The molecule has 1 saturated heterocycles. The van der Waals surface area contributed by atoms with Gasteiger partial charge in [-0.15, -0.1) is 0 Å². The molecule has 2 fully saturated rings. The van der Waals surface area contributed by atoms with Crippen LogP contribution < -0.4 is 5.32 Å². The molecule has 3 atom stereocenters. The van der Waals surface area contributed by atoms with Gasteiger partial charge in [0.15, 0.2) is 0 Å². The van der Waals surface area contributed by atoms with Gasteiger partial charge in [0.2, 0.25) is 0 Å². The molecule has 3 unspecified atom stereocenters. The van der Waals surface area contributed by atoms with Crippen molar-refractivity contribution in [2.75, 3.05) is 11.9 Å². The normalized spacial score (nSPS) is 32.3. The van der Waals surface area contributed by atoms with Crippen LogP contribution in [-0.4, -0.2) is 23.7 Å². The first-order valence-corrected chi connectivity index (χ1v) is 7.80. The Bertz CT molecular complexity index is 489. The number of rotatable bonds is 2. The second-order valence-corrected chi connectivity index (χ2v) is 7.12. The summed E-state index contributed by atoms with van der Waals surface area (Å²) in [6.07, 6.45) is 4.79. The molecule has 0 aromatic carbocycles. The first-order chi connectivity index (χ1) is 9.00. The highest BCUT2D eigenvalue weighted by molar-refractivity contribution is 9.10. The van der Waals surface area contributed by atoms with Crippen molar-refractivity contribution in [2.45, 2.75) is 45.8 Å². The molecular formula is C15H21BrN2O. The Balaban J connectivity index is 1.77. The molecule has 0 spiro atoms. The fourth-order valence-corrected chi connectivity index (χ4v) is 3.85. The van der Waals surface area contributed by atoms with Gasteiger partial charge in [-0.3, -0.25) is 0 Å². The summed E-state index contributed by atoms with van der Waals surface area (Å²) >= 11 is 3.45. The molecule has 4 heteroatoms. The Hall–Kier alpha value is -0.610. The van der Waals surface area contributed by atoms with Crippen molar-refractivity contribution < 1.29 is 4.74 Å². The molecule has 1 aliphatic heterocycles. The molecule has 0 radical (unpaired) electrons. The van der Waals surface area contributed by atoms with Crippen LogP contribution in [0.3, 0.4) is 0 Å². The summed E-state index contributed by atoms with van der Waals surface area (Å²) < 4.78 is 6.86. The zero-order valence-corrected chi connectivity index (χ0v) is 13.3. The summed E-state index contributed by atoms with van der Waals surface area (Å²) in [6, 6.07) is 2.64. The minimum Gasteiger partial charge on any atom is -0.380 e. The SMILES string of the molecule is Cc1cc(NC2C3CCCOC3C2(C)C)cnc1Br. The Kier molecular flexibility index (Phi) is 3.34. The van der Waals surface area contributed by atoms with Crippen LogP contribution in [0, 0.1) is 18.3 Å². The number of ether oxygens (including phenoxy) is 1. The summed E-state index contributed by atoms with van der Waals surface area (Å²) in [7, 11) is 0. The molecule has 3 nitrogen and oxygen atoms in total. The van der Waals surface area contributed by atoms with Gasteiger partial charge in [-0.1, -0.05) is 13.8 Å². The quantitative estimate of drug-likeness (QED) is 0.841. The predicted molar refractivity (Wildman–Crippen MR) is 80.3 cm³/mol. The van der Waals surface area contributed by atoms with E-state index in [4.69, 9.17) is 4.74 Å². The standard InChI is InChI=1S/C15H21BrN2O/c1-9-7-10(8-17-14(9)16)18-12-11-5-4-6-19-13(11)15(12,2)3/h7-8,11-13,18H,4-6H2,1-3H3. The number of halogens is 1. The lowest BCUT2D eigenvalue weighted by Crippen LogP contribution is -2.67. The Morgan fingerprint density at radius 3 is 3.00 bits per heavy atom. The number of hydrogen-bond donors (Lipinski definition) is 1. The molecule has 1 N–H and O–H groups in total. The molecule has 3 rings (SSSR count). The van der Waals surface area contributed by atoms with Gasteiger partial charge in [0.05, 0.1) is 18.0 Å². The maximum Gasteiger partial charge on any atom is 0.109 e. The third kappa shape index (κ3) is 2.19. The molecule has 1 saturated carbocycles. The lowest BCUT2D eigenvalue weighted by Gasteiger charge is -2.60. The zero-order valence-electron chi connectivity index (χ0n) is 11.7. The number of fused-ring (bicyclic) bond motifs is 1. The van der Waals surface area contributed by atoms with Gasteiger partial charge in [-0.2, -0.15) is 0 Å². The third-order valence-electron chi connectivity index (χ3n) is 4.67. The van der Waals surface area contributed by atoms with Crippen molar-refractivity contribution in [3.05, 3.63) is 22.4 Å². The lowest BCUT2D eigenvalue weighted by molar-refractivity contribution is -0.177. The van der Waals surface area contributed by atoms with E-state index < -0.39 is 0 Å². The summed E-state index contributed by atoms with van der Waals surface area (Å²) in [5.74, 6) is 0.646. The Labute approximate surface area is 123 Å². The summed E-state index contributed by atoms with van der Waals surface area (Å²) in [5, 5.41) is 3.67. The summed E-state index contributed by atoms with van der Waals surface area (Å²) in [6.45, 7) is 7.60. The highest BCUT2D eigenvalue weighted by Gasteiger charge is 2.57. The zero-order chi connectivity index (χ0) is 13.6. The highest BCUT2D eigenvalue weighted by atomic mass is 79.9. The van der Waals surface area contributed by atoms with E-state index in [9.17, 15) is 0 Å². The molecule has 0 bridgehead atoms. The van der Waals surface area contributed by atoms with Gasteiger partial charge in [0.1, 0.15) is 4.60 Å². The molecule has 2 heterocycles. The summed E-state index contributed by atoms with van der Waals surface area (Å²) in [4.78, 5) is 4.36. The Morgan fingerprint density at radius 1 is 1.47 bits per heavy atom. The van der Waals surface area contributed by atoms with Gasteiger partial charge < -0.3 is 10.1 Å². The highest BCUT2D eigenvalue weighted by Crippen LogP contribution is 2.52. The predicted octanol–water partition coefficient (Wildman–Crippen LogP) is 3.77. The molecule has 104 valence electrons. The van der Waals surface area contributed by atoms with Crippen LogP contribution in [0.1, 0.15) is 32.3 Å². The number of pyridine rings is 1. The van der Waals surface area contributed by atoms with Crippen LogP contribution in [0.2, 0.25) is 0 Å². The van der Waals surface area contributed by atoms with Crippen molar-refractivity contribution >= 4 is 21.6 Å². The van der Waals surface area contributed by atoms with E-state index in [1.807, 2.05) is 6.20 Å². The largest absolute Gasteiger partial charge is 0.380 e. The van der Waals surface area contributed by atoms with E-state index >= 15 is 0 Å². The topological polar surface area (TPSA) is 34.1 Å². The second kappa shape index (κ2) is 4.74. The van der Waals surface area contributed by atoms with Gasteiger partial charge in [-0.25, -0.2) is 4.98 Å². The molecule has 1 aromatic heterocycles. The van der Waals surface area contributed by atoms with Crippen molar-refractivity contribution in [1.29, 1.82) is 0 Å². The number of aromatic nitrogens is 1. The molecule has 1 aliphatic carbocycles. The first-order valence-electron chi connectivity index (χ1n) is 7.00. The Morgan fingerprint density at radius 2 is 2.26 bits per heavy atom. The van der Waals surface area contributed by atoms with Crippen LogP contribution in [0.25, 0.3) is 0 Å². The number of hydrogen-bond acceptors (Lipinski definition) is 3. The van der Waals surface area contributed by atoms with Gasteiger partial charge >= 0.3 is 0 Å². The second-order valence-electron chi connectivity index (χ2n) is 6.37. The van der Waals surface area contributed by atoms with E-state index in [0.29, 0.717) is 18.1 Å². The van der Waals surface area contributed by atoms with Crippen molar-refractivity contribution in [3.63, 3.8) is 0 Å². The minimum absolute atomic E-state index is 0.200. The van der Waals surface area contributed by atoms with Crippen LogP contribution >= 0.6 is 15.9 Å². The fraction of sp³-hybridized carbons (Fsp3) is 0.667. The van der Waals surface area contributed by atoms with Gasteiger partial charge in [-0.05, 0) is 47.3 Å². The van der Waals surface area contributed by atoms with Gasteiger partial charge in [0, 0.05) is 24.0 Å². The van der Waals surface area contributed by atoms with Crippen LogP contribution in [0.4, 0.5) is 5.69 Å². The van der Waals surface area contributed by atoms with Crippen LogP contribution in [0.5, 0.6) is 0 Å². The molecule has 19 heavy (non-hydrogen) atoms. The summed E-state index contributed by atoms with van der Waals surface area (Å²) in [5.41, 5.74) is 2.48. The van der Waals surface area contributed by atoms with E-state index in [-0.39, 0.29) is 5.41 Å². The third-order valence-corrected chi connectivity index (χ3v) is 5.50. The molecule has 1 aromatic rings. The smallest absolute Gasteiger partial charge is 0.109 e. The number of anilines is 1. The number of nitrogens with one attached hydrogen (secondary N) is 1. The maximum absolute atomic E-state index is 5.94. The van der Waals surface area contributed by atoms with Crippen LogP contribution in [-0.2, 0) is 4.74 Å². The van der Waals surface area contributed by atoms with E-state index in [2.05, 4.69) is 53.1 Å². The van der Waals surface area contributed by atoms with Crippen molar-refractivity contribution in [3.8, 4) is 0 Å². The van der Waals surface area contributed by atoms with Crippen molar-refractivity contribution in [1.82, 2.24) is 4.98 Å². The van der Waals surface area contributed by atoms with E-state index in [0.717, 1.165) is 16.9 Å².